The van der Waals surface area contributed by atoms with Crippen LogP contribution in [0.1, 0.15) is 16.8 Å². The second-order valence-electron chi connectivity index (χ2n) is 4.65. The number of pyridine rings is 1. The molecule has 0 fully saturated rings. The van der Waals surface area contributed by atoms with Gasteiger partial charge in [-0.2, -0.15) is 13.2 Å². The number of hydrogen-bond donors (Lipinski definition) is 3. The molecule has 0 spiro atoms. The largest absolute Gasteiger partial charge is 0.394 e. The summed E-state index contributed by atoms with van der Waals surface area (Å²) < 4.78 is 36.8. The molecule has 0 bridgehead atoms. The zero-order valence-corrected chi connectivity index (χ0v) is 10.1. The lowest BCUT2D eigenvalue weighted by Crippen LogP contribution is -2.40. The van der Waals surface area contributed by atoms with Gasteiger partial charge in [-0.25, -0.2) is 4.98 Å². The predicted molar refractivity (Wildman–Crippen MR) is 64.1 cm³/mol. The minimum atomic E-state index is -4.45. The van der Waals surface area contributed by atoms with E-state index in [1.165, 1.54) is 6.20 Å². The van der Waals surface area contributed by atoms with Crippen LogP contribution in [0.2, 0.25) is 0 Å². The molecule has 0 saturated heterocycles. The van der Waals surface area contributed by atoms with Crippen LogP contribution in [0.5, 0.6) is 0 Å². The highest BCUT2D eigenvalue weighted by Gasteiger charge is 2.33. The van der Waals surface area contributed by atoms with Gasteiger partial charge in [0.25, 0.3) is 5.91 Å². The van der Waals surface area contributed by atoms with Gasteiger partial charge in [0.1, 0.15) is 5.69 Å². The van der Waals surface area contributed by atoms with Crippen LogP contribution in [-0.2, 0) is 0 Å². The summed E-state index contributed by atoms with van der Waals surface area (Å²) in [4.78, 5) is 18.9. The third-order valence-electron chi connectivity index (χ3n) is 3.14. The van der Waals surface area contributed by atoms with E-state index in [4.69, 9.17) is 5.11 Å². The lowest BCUT2D eigenvalue weighted by atomic mass is 10.1. The van der Waals surface area contributed by atoms with Crippen molar-refractivity contribution in [1.29, 1.82) is 0 Å². The minimum absolute atomic E-state index is 0.253. The number of aliphatic hydroxyl groups is 1. The molecule has 8 heteroatoms. The molecule has 1 atom stereocenters. The maximum Gasteiger partial charge on any atom is 0.391 e. The Labute approximate surface area is 110 Å². The molecule has 106 valence electrons. The molecule has 1 aromatic rings. The Hall–Kier alpha value is -2.09. The first kappa shape index (κ1) is 12.9. The summed E-state index contributed by atoms with van der Waals surface area (Å²) in [5.74, 6) is -0.649. The van der Waals surface area contributed by atoms with Crippen molar-refractivity contribution in [3.8, 4) is 11.4 Å². The van der Waals surface area contributed by atoms with Crippen molar-refractivity contribution in [2.24, 2.45) is 0 Å². The van der Waals surface area contributed by atoms with Gasteiger partial charge in [-0.3, -0.25) is 4.79 Å². The number of fused-ring (bicyclic) bond motifs is 3. The third kappa shape index (κ3) is 2.22. The predicted octanol–water partition coefficient (Wildman–Crippen LogP) is 1.59. The highest BCUT2D eigenvalue weighted by Crippen LogP contribution is 2.39. The Morgan fingerprint density at radius 1 is 1.50 bits per heavy atom. The number of carbonyl (C=O) groups is 1. The molecule has 3 N–H and O–H groups in total. The molecule has 0 unspecified atom stereocenters. The SMILES string of the molecule is O=C(N[C@H](CO)CC(F)(F)F)c1c[nH]c2c3nc-3cc12. The highest BCUT2D eigenvalue weighted by atomic mass is 19.4. The first-order valence-electron chi connectivity index (χ1n) is 5.90. The fourth-order valence-corrected chi connectivity index (χ4v) is 2.19. The van der Waals surface area contributed by atoms with Gasteiger partial charge < -0.3 is 15.4 Å². The van der Waals surface area contributed by atoms with Crippen molar-refractivity contribution in [1.82, 2.24) is 15.3 Å². The Balaban J connectivity index is 1.76. The van der Waals surface area contributed by atoms with Crippen molar-refractivity contribution in [3.05, 3.63) is 17.8 Å². The topological polar surface area (TPSA) is 78.0 Å². The molecule has 0 aromatic carbocycles. The van der Waals surface area contributed by atoms with Crippen LogP contribution in [0, 0.1) is 0 Å². The number of nitrogens with one attached hydrogen (secondary N) is 2. The van der Waals surface area contributed by atoms with E-state index in [0.717, 1.165) is 11.4 Å². The molecule has 20 heavy (non-hydrogen) atoms. The molecule has 1 aliphatic carbocycles. The van der Waals surface area contributed by atoms with Gasteiger partial charge in [-0.05, 0) is 6.07 Å². The fourth-order valence-electron chi connectivity index (χ4n) is 2.19. The summed E-state index contributed by atoms with van der Waals surface area (Å²) in [7, 11) is 0. The number of amides is 1. The van der Waals surface area contributed by atoms with Gasteiger partial charge in [-0.15, -0.1) is 0 Å². The number of halogens is 3. The molecule has 0 saturated carbocycles. The molecule has 3 rings (SSSR count). The average molecular weight is 285 g/mol. The van der Waals surface area contributed by atoms with Gasteiger partial charge in [0.15, 0.2) is 0 Å². The first-order chi connectivity index (χ1) is 9.39. The van der Waals surface area contributed by atoms with Crippen LogP contribution >= 0.6 is 0 Å². The summed E-state index contributed by atoms with van der Waals surface area (Å²) in [6.07, 6.45) is -4.29. The maximum absolute atomic E-state index is 12.3. The highest BCUT2D eigenvalue weighted by molar-refractivity contribution is 6.13. The molecular formula is C12H10F3N3O2. The van der Waals surface area contributed by atoms with Crippen molar-refractivity contribution >= 4 is 16.8 Å². The Kier molecular flexibility index (Phi) is 2.72. The summed E-state index contributed by atoms with van der Waals surface area (Å²) in [5, 5.41) is 11.7. The molecule has 0 radical (unpaired) electrons. The lowest BCUT2D eigenvalue weighted by Gasteiger charge is -2.17. The smallest absolute Gasteiger partial charge is 0.391 e. The van der Waals surface area contributed by atoms with Crippen LogP contribution in [0.25, 0.3) is 22.3 Å². The number of H-pyrrole nitrogens is 1. The van der Waals surface area contributed by atoms with Crippen LogP contribution < -0.4 is 5.32 Å². The van der Waals surface area contributed by atoms with Crippen molar-refractivity contribution in [3.63, 3.8) is 0 Å². The Morgan fingerprint density at radius 2 is 2.25 bits per heavy atom. The van der Waals surface area contributed by atoms with Gasteiger partial charge in [0.05, 0.1) is 35.8 Å². The van der Waals surface area contributed by atoms with E-state index in [2.05, 4.69) is 15.3 Å². The summed E-state index contributed by atoms with van der Waals surface area (Å²) in [6, 6.07) is 0.349. The zero-order chi connectivity index (χ0) is 14.5. The molecule has 1 aromatic heterocycles. The standard InChI is InChI=1S/C12H10F3N3O2/c13-12(14,15)2-5(4-19)17-11(20)7-3-16-9-6(7)1-8-10(9)18-8/h1,3,5,16,19H,2,4H2,(H,17,20)/t5-/m0/s1. The van der Waals surface area contributed by atoms with Crippen LogP contribution in [0.4, 0.5) is 13.2 Å². The molecular weight excluding hydrogens is 275 g/mol. The van der Waals surface area contributed by atoms with E-state index in [0.29, 0.717) is 10.9 Å². The number of nitrogens with zero attached hydrogens (tertiary/aromatic N) is 1. The van der Waals surface area contributed by atoms with Gasteiger partial charge in [-0.1, -0.05) is 0 Å². The van der Waals surface area contributed by atoms with E-state index >= 15 is 0 Å². The van der Waals surface area contributed by atoms with Crippen molar-refractivity contribution in [2.75, 3.05) is 6.61 Å². The monoisotopic (exact) mass is 285 g/mol. The molecule has 2 heterocycles. The van der Waals surface area contributed by atoms with Gasteiger partial charge in [0.2, 0.25) is 0 Å². The fraction of sp³-hybridized carbons (Fsp3) is 0.333. The summed E-state index contributed by atoms with van der Waals surface area (Å²) in [5.41, 5.74) is 2.53. The number of aliphatic hydroxyl groups excluding tert-OH is 1. The number of hydrogen-bond acceptors (Lipinski definition) is 3. The number of rotatable bonds is 4. The summed E-state index contributed by atoms with van der Waals surface area (Å²) in [6.45, 7) is -0.772. The van der Waals surface area contributed by atoms with Crippen molar-refractivity contribution < 1.29 is 23.1 Å². The maximum atomic E-state index is 12.3. The second kappa shape index (κ2) is 4.20. The Morgan fingerprint density at radius 3 is 2.90 bits per heavy atom. The second-order valence-corrected chi connectivity index (χ2v) is 4.65. The van der Waals surface area contributed by atoms with E-state index in [-0.39, 0.29) is 5.56 Å². The summed E-state index contributed by atoms with van der Waals surface area (Å²) >= 11 is 0. The van der Waals surface area contributed by atoms with Gasteiger partial charge >= 0.3 is 6.18 Å². The molecule has 5 nitrogen and oxygen atoms in total. The normalized spacial score (nSPS) is 14.4. The molecule has 1 aliphatic heterocycles. The average Bonchev–Trinajstić information content (AvgIpc) is 2.82. The zero-order valence-electron chi connectivity index (χ0n) is 10.1. The molecule has 1 amide bonds. The van der Waals surface area contributed by atoms with Crippen molar-refractivity contribution in [2.45, 2.75) is 18.6 Å². The number of aromatic nitrogens is 2. The van der Waals surface area contributed by atoms with Crippen LogP contribution in [0.3, 0.4) is 0 Å². The van der Waals surface area contributed by atoms with Crippen LogP contribution in [0.15, 0.2) is 12.3 Å². The lowest BCUT2D eigenvalue weighted by molar-refractivity contribution is -0.141. The van der Waals surface area contributed by atoms with Gasteiger partial charge in [0, 0.05) is 11.6 Å². The molecule has 2 aliphatic rings. The van der Waals surface area contributed by atoms with E-state index in [9.17, 15) is 18.0 Å². The van der Waals surface area contributed by atoms with E-state index in [1.807, 2.05) is 0 Å². The Bertz CT molecular complexity index is 693. The number of aromatic amines is 1. The number of carbonyl (C=O) groups excluding carboxylic acids is 1. The minimum Gasteiger partial charge on any atom is -0.394 e. The quantitative estimate of drug-likeness (QED) is 0.681. The van der Waals surface area contributed by atoms with E-state index in [1.54, 1.807) is 6.07 Å². The number of alkyl halides is 3. The first-order valence-corrected chi connectivity index (χ1v) is 5.90. The van der Waals surface area contributed by atoms with E-state index < -0.39 is 31.2 Å². The van der Waals surface area contributed by atoms with Crippen LogP contribution in [-0.4, -0.2) is 39.8 Å². The third-order valence-corrected chi connectivity index (χ3v) is 3.14.